The molecule has 2 aliphatic carbocycles. The Bertz CT molecular complexity index is 522. The molecule has 0 spiro atoms. The molecule has 4 aliphatic rings. The highest BCUT2D eigenvalue weighted by molar-refractivity contribution is 5.81. The highest BCUT2D eigenvalue weighted by atomic mass is 16.5. The second kappa shape index (κ2) is 6.84. The average Bonchev–Trinajstić information content (AvgIpc) is 3.25. The van der Waals surface area contributed by atoms with Gasteiger partial charge in [-0.25, -0.2) is 0 Å². The standard InChI is InChI=1S/C18H27N3O3/c22-17(13-19-7-9-24-10-8-19)20-3-5-21(6-4-20)18(23)16-12-14-1-2-15(16)11-14/h1-2,14-16H,3-13H2. The van der Waals surface area contributed by atoms with Crippen molar-refractivity contribution in [3.63, 3.8) is 0 Å². The largest absolute Gasteiger partial charge is 0.379 e. The zero-order valence-corrected chi connectivity index (χ0v) is 14.2. The fraction of sp³-hybridized carbons (Fsp3) is 0.778. The third-order valence-electron chi connectivity index (χ3n) is 6.00. The van der Waals surface area contributed by atoms with Gasteiger partial charge in [-0.05, 0) is 24.7 Å². The molecule has 6 heteroatoms. The molecule has 0 aromatic carbocycles. The van der Waals surface area contributed by atoms with Gasteiger partial charge in [0.05, 0.1) is 19.8 Å². The number of carbonyl (C=O) groups is 2. The molecule has 3 unspecified atom stereocenters. The molecule has 0 aromatic heterocycles. The third-order valence-corrected chi connectivity index (χ3v) is 6.00. The second-order valence-corrected chi connectivity index (χ2v) is 7.48. The van der Waals surface area contributed by atoms with E-state index in [1.54, 1.807) is 0 Å². The lowest BCUT2D eigenvalue weighted by Crippen LogP contribution is -2.54. The molecule has 2 amide bonds. The van der Waals surface area contributed by atoms with Crippen molar-refractivity contribution in [1.29, 1.82) is 0 Å². The maximum atomic E-state index is 12.8. The number of carbonyl (C=O) groups excluding carboxylic acids is 2. The number of amides is 2. The monoisotopic (exact) mass is 333 g/mol. The molecule has 2 heterocycles. The van der Waals surface area contributed by atoms with E-state index in [2.05, 4.69) is 17.1 Å². The van der Waals surface area contributed by atoms with Crippen molar-refractivity contribution in [2.45, 2.75) is 12.8 Å². The highest BCUT2D eigenvalue weighted by Gasteiger charge is 2.42. The fourth-order valence-corrected chi connectivity index (χ4v) is 4.53. The lowest BCUT2D eigenvalue weighted by molar-refractivity contribution is -0.143. The van der Waals surface area contributed by atoms with Crippen LogP contribution in [0.15, 0.2) is 12.2 Å². The molecular weight excluding hydrogens is 306 g/mol. The van der Waals surface area contributed by atoms with Gasteiger partial charge in [-0.15, -0.1) is 0 Å². The van der Waals surface area contributed by atoms with E-state index < -0.39 is 0 Å². The predicted molar refractivity (Wildman–Crippen MR) is 89.3 cm³/mol. The first kappa shape index (κ1) is 16.1. The molecule has 2 saturated heterocycles. The van der Waals surface area contributed by atoms with Crippen LogP contribution < -0.4 is 0 Å². The maximum Gasteiger partial charge on any atom is 0.236 e. The number of hydrogen-bond acceptors (Lipinski definition) is 4. The van der Waals surface area contributed by atoms with Gasteiger partial charge >= 0.3 is 0 Å². The van der Waals surface area contributed by atoms with Crippen molar-refractivity contribution in [2.75, 3.05) is 59.0 Å². The number of piperazine rings is 1. The zero-order chi connectivity index (χ0) is 16.5. The van der Waals surface area contributed by atoms with Gasteiger partial charge in [-0.1, -0.05) is 12.2 Å². The van der Waals surface area contributed by atoms with Gasteiger partial charge in [0.2, 0.25) is 11.8 Å². The van der Waals surface area contributed by atoms with Crippen molar-refractivity contribution >= 4 is 11.8 Å². The molecule has 2 aliphatic heterocycles. The average molecular weight is 333 g/mol. The first-order chi connectivity index (χ1) is 11.7. The maximum absolute atomic E-state index is 12.8. The van der Waals surface area contributed by atoms with Crippen LogP contribution in [0.3, 0.4) is 0 Å². The SMILES string of the molecule is O=C(CN1CCOCC1)N1CCN(C(=O)C2CC3C=CC2C3)CC1. The topological polar surface area (TPSA) is 53.1 Å². The van der Waals surface area contributed by atoms with Crippen LogP contribution in [0.2, 0.25) is 0 Å². The minimum absolute atomic E-state index is 0.187. The van der Waals surface area contributed by atoms with Gasteiger partial charge in [-0.2, -0.15) is 0 Å². The Balaban J connectivity index is 1.25. The van der Waals surface area contributed by atoms with Gasteiger partial charge in [0, 0.05) is 45.2 Å². The first-order valence-corrected chi connectivity index (χ1v) is 9.25. The Kier molecular flexibility index (Phi) is 4.59. The molecule has 1 saturated carbocycles. The van der Waals surface area contributed by atoms with Gasteiger partial charge in [0.15, 0.2) is 0 Å². The van der Waals surface area contributed by atoms with Crippen LogP contribution in [0.1, 0.15) is 12.8 Å². The molecule has 132 valence electrons. The highest BCUT2D eigenvalue weighted by Crippen LogP contribution is 2.44. The normalized spacial score (nSPS) is 33.2. The summed E-state index contributed by atoms with van der Waals surface area (Å²) >= 11 is 0. The number of ether oxygens (including phenoxy) is 1. The molecule has 0 N–H and O–H groups in total. The minimum atomic E-state index is 0.187. The van der Waals surface area contributed by atoms with Crippen LogP contribution in [0, 0.1) is 17.8 Å². The Morgan fingerprint density at radius 1 is 0.917 bits per heavy atom. The summed E-state index contributed by atoms with van der Waals surface area (Å²) in [4.78, 5) is 31.2. The van der Waals surface area contributed by atoms with Gasteiger partial charge in [-0.3, -0.25) is 14.5 Å². The summed E-state index contributed by atoms with van der Waals surface area (Å²) in [5.41, 5.74) is 0. The van der Waals surface area contributed by atoms with E-state index in [9.17, 15) is 9.59 Å². The van der Waals surface area contributed by atoms with Crippen molar-refractivity contribution < 1.29 is 14.3 Å². The van der Waals surface area contributed by atoms with E-state index in [0.29, 0.717) is 63.7 Å². The Morgan fingerprint density at radius 2 is 1.62 bits per heavy atom. The van der Waals surface area contributed by atoms with Crippen molar-refractivity contribution in [3.05, 3.63) is 12.2 Å². The van der Waals surface area contributed by atoms with Crippen LogP contribution in [0.25, 0.3) is 0 Å². The summed E-state index contributed by atoms with van der Waals surface area (Å²) in [6.07, 6.45) is 6.69. The molecule has 3 atom stereocenters. The van der Waals surface area contributed by atoms with Crippen molar-refractivity contribution in [3.8, 4) is 0 Å². The minimum Gasteiger partial charge on any atom is -0.379 e. The first-order valence-electron chi connectivity index (χ1n) is 9.25. The second-order valence-electron chi connectivity index (χ2n) is 7.48. The van der Waals surface area contributed by atoms with Crippen LogP contribution >= 0.6 is 0 Å². The molecule has 4 rings (SSSR count). The van der Waals surface area contributed by atoms with Gasteiger partial charge < -0.3 is 14.5 Å². The smallest absolute Gasteiger partial charge is 0.236 e. The Hall–Kier alpha value is -1.40. The summed E-state index contributed by atoms with van der Waals surface area (Å²) < 4.78 is 5.32. The summed E-state index contributed by atoms with van der Waals surface area (Å²) in [6.45, 7) is 6.30. The summed E-state index contributed by atoms with van der Waals surface area (Å²) in [5.74, 6) is 1.78. The van der Waals surface area contributed by atoms with E-state index in [-0.39, 0.29) is 11.8 Å². The van der Waals surface area contributed by atoms with E-state index >= 15 is 0 Å². The fourth-order valence-electron chi connectivity index (χ4n) is 4.53. The third kappa shape index (κ3) is 3.22. The Morgan fingerprint density at radius 3 is 2.25 bits per heavy atom. The van der Waals surface area contributed by atoms with Crippen molar-refractivity contribution in [2.24, 2.45) is 17.8 Å². The lowest BCUT2D eigenvalue weighted by atomic mass is 9.92. The van der Waals surface area contributed by atoms with Crippen LogP contribution in [-0.4, -0.2) is 85.5 Å². The molecule has 3 fully saturated rings. The molecular formula is C18H27N3O3. The zero-order valence-electron chi connectivity index (χ0n) is 14.2. The number of morpholine rings is 1. The quantitative estimate of drug-likeness (QED) is 0.693. The van der Waals surface area contributed by atoms with E-state index in [0.717, 1.165) is 25.9 Å². The molecule has 0 radical (unpaired) electrons. The summed E-state index contributed by atoms with van der Waals surface area (Å²) in [7, 11) is 0. The molecule has 2 bridgehead atoms. The summed E-state index contributed by atoms with van der Waals surface area (Å²) in [5, 5.41) is 0. The van der Waals surface area contributed by atoms with Crippen LogP contribution in [0.4, 0.5) is 0 Å². The Labute approximate surface area is 143 Å². The molecule has 0 aromatic rings. The number of rotatable bonds is 3. The number of allylic oxidation sites excluding steroid dienone is 2. The molecule has 24 heavy (non-hydrogen) atoms. The van der Waals surface area contributed by atoms with E-state index in [1.807, 2.05) is 9.80 Å². The van der Waals surface area contributed by atoms with Gasteiger partial charge in [0.25, 0.3) is 0 Å². The lowest BCUT2D eigenvalue weighted by Gasteiger charge is -2.38. The van der Waals surface area contributed by atoms with E-state index in [4.69, 9.17) is 4.74 Å². The predicted octanol–water partition coefficient (Wildman–Crippen LogP) is 0.202. The van der Waals surface area contributed by atoms with Crippen molar-refractivity contribution in [1.82, 2.24) is 14.7 Å². The summed E-state index contributed by atoms with van der Waals surface area (Å²) in [6, 6.07) is 0. The number of fused-ring (bicyclic) bond motifs is 2. The van der Waals surface area contributed by atoms with Gasteiger partial charge in [0.1, 0.15) is 0 Å². The van der Waals surface area contributed by atoms with E-state index in [1.165, 1.54) is 0 Å². The molecule has 6 nitrogen and oxygen atoms in total. The number of nitrogens with zero attached hydrogens (tertiary/aromatic N) is 3. The van der Waals surface area contributed by atoms with Crippen LogP contribution in [-0.2, 0) is 14.3 Å². The van der Waals surface area contributed by atoms with Crippen LogP contribution in [0.5, 0.6) is 0 Å². The number of hydrogen-bond donors (Lipinski definition) is 0.